The summed E-state index contributed by atoms with van der Waals surface area (Å²) in [6, 6.07) is 7.90. The van der Waals surface area contributed by atoms with Gasteiger partial charge in [-0.2, -0.15) is 0 Å². The highest BCUT2D eigenvalue weighted by atomic mass is 32.2. The predicted molar refractivity (Wildman–Crippen MR) is 90.8 cm³/mol. The summed E-state index contributed by atoms with van der Waals surface area (Å²) in [6.45, 7) is 7.56. The van der Waals surface area contributed by atoms with Crippen molar-refractivity contribution in [2.24, 2.45) is 0 Å². The van der Waals surface area contributed by atoms with E-state index in [2.05, 4.69) is 19.8 Å². The van der Waals surface area contributed by atoms with Crippen molar-refractivity contribution in [1.29, 1.82) is 0 Å². The summed E-state index contributed by atoms with van der Waals surface area (Å²) in [5.74, 6) is 0. The van der Waals surface area contributed by atoms with Gasteiger partial charge in [0.2, 0.25) is 10.0 Å². The van der Waals surface area contributed by atoms with Gasteiger partial charge in [0.1, 0.15) is 0 Å². The monoisotopic (exact) mass is 338 g/mol. The van der Waals surface area contributed by atoms with Crippen LogP contribution in [0, 0.1) is 0 Å². The molecule has 2 heterocycles. The van der Waals surface area contributed by atoms with Crippen molar-refractivity contribution in [2.75, 3.05) is 46.3 Å². The summed E-state index contributed by atoms with van der Waals surface area (Å²) in [7, 11) is -1.91. The highest BCUT2D eigenvalue weighted by molar-refractivity contribution is 7.89. The molecule has 0 spiro atoms. The van der Waals surface area contributed by atoms with Crippen LogP contribution in [-0.4, -0.2) is 70.6 Å². The molecule has 2 aliphatic heterocycles. The van der Waals surface area contributed by atoms with E-state index in [0.717, 1.165) is 51.4 Å². The molecule has 0 amide bonds. The minimum Gasteiger partial charge on any atom is -0.315 e. The van der Waals surface area contributed by atoms with Gasteiger partial charge in [0, 0.05) is 45.3 Å². The Kier molecular flexibility index (Phi) is 5.33. The number of nitrogens with one attached hydrogen (secondary N) is 2. The number of piperazine rings is 1. The maximum Gasteiger partial charge on any atom is 0.240 e. The van der Waals surface area contributed by atoms with Crippen LogP contribution >= 0.6 is 0 Å². The summed E-state index contributed by atoms with van der Waals surface area (Å²) in [5, 5.41) is 3.43. The van der Waals surface area contributed by atoms with E-state index >= 15 is 0 Å². The molecule has 2 aliphatic rings. The summed E-state index contributed by atoms with van der Waals surface area (Å²) in [6.07, 6.45) is 1.27. The van der Waals surface area contributed by atoms with Crippen LogP contribution in [-0.2, 0) is 16.6 Å². The van der Waals surface area contributed by atoms with E-state index in [1.807, 2.05) is 12.1 Å². The standard InChI is InChI=1S/C16H26N4O2S/c1-17-23(21,22)16-4-2-14(3-5-16)13-19-8-10-20(11-9-19)15-6-7-18-12-15/h2-5,15,17-18H,6-13H2,1H3/t15-/m1/s1. The average Bonchev–Trinajstić information content (AvgIpc) is 3.11. The summed E-state index contributed by atoms with van der Waals surface area (Å²) < 4.78 is 25.8. The van der Waals surface area contributed by atoms with Crippen LogP contribution in [0.3, 0.4) is 0 Å². The van der Waals surface area contributed by atoms with Crippen LogP contribution in [0.1, 0.15) is 12.0 Å². The largest absolute Gasteiger partial charge is 0.315 e. The molecule has 1 aromatic carbocycles. The quantitative estimate of drug-likeness (QED) is 0.796. The smallest absolute Gasteiger partial charge is 0.240 e. The molecule has 2 saturated heterocycles. The third-order valence-electron chi connectivity index (χ3n) is 4.87. The lowest BCUT2D eigenvalue weighted by molar-refractivity contribution is 0.0981. The zero-order valence-corrected chi connectivity index (χ0v) is 14.5. The minimum atomic E-state index is -3.34. The molecule has 6 nitrogen and oxygen atoms in total. The van der Waals surface area contributed by atoms with E-state index < -0.39 is 10.0 Å². The Balaban J connectivity index is 1.52. The summed E-state index contributed by atoms with van der Waals surface area (Å²) >= 11 is 0. The topological polar surface area (TPSA) is 64.7 Å². The minimum absolute atomic E-state index is 0.322. The lowest BCUT2D eigenvalue weighted by atomic mass is 10.1. The van der Waals surface area contributed by atoms with Gasteiger partial charge in [0.25, 0.3) is 0 Å². The van der Waals surface area contributed by atoms with Crippen molar-refractivity contribution in [3.63, 3.8) is 0 Å². The fourth-order valence-electron chi connectivity index (χ4n) is 3.39. The second-order valence-electron chi connectivity index (χ2n) is 6.31. The molecule has 0 aromatic heterocycles. The van der Waals surface area contributed by atoms with Gasteiger partial charge >= 0.3 is 0 Å². The Morgan fingerprint density at radius 2 is 1.87 bits per heavy atom. The molecule has 0 radical (unpaired) electrons. The number of hydrogen-bond acceptors (Lipinski definition) is 5. The number of nitrogens with zero attached hydrogens (tertiary/aromatic N) is 2. The van der Waals surface area contributed by atoms with Gasteiger partial charge < -0.3 is 5.32 Å². The van der Waals surface area contributed by atoms with Gasteiger partial charge in [0.15, 0.2) is 0 Å². The molecule has 2 N–H and O–H groups in total. The van der Waals surface area contributed by atoms with Crippen molar-refractivity contribution in [3.05, 3.63) is 29.8 Å². The maximum atomic E-state index is 11.7. The van der Waals surface area contributed by atoms with Crippen molar-refractivity contribution in [1.82, 2.24) is 19.8 Å². The fraction of sp³-hybridized carbons (Fsp3) is 0.625. The maximum absolute atomic E-state index is 11.7. The molecule has 0 unspecified atom stereocenters. The first-order valence-electron chi connectivity index (χ1n) is 8.28. The van der Waals surface area contributed by atoms with E-state index in [9.17, 15) is 8.42 Å². The van der Waals surface area contributed by atoms with Crippen molar-refractivity contribution in [2.45, 2.75) is 23.9 Å². The van der Waals surface area contributed by atoms with E-state index in [1.165, 1.54) is 13.5 Å². The third-order valence-corrected chi connectivity index (χ3v) is 6.30. The van der Waals surface area contributed by atoms with Gasteiger partial charge in [-0.25, -0.2) is 13.1 Å². The van der Waals surface area contributed by atoms with Crippen molar-refractivity contribution >= 4 is 10.0 Å². The molecule has 1 aromatic rings. The molecule has 1 atom stereocenters. The van der Waals surface area contributed by atoms with Crippen LogP contribution < -0.4 is 10.0 Å². The zero-order chi connectivity index (χ0) is 16.3. The number of rotatable bonds is 5. The van der Waals surface area contributed by atoms with Crippen LogP contribution in [0.2, 0.25) is 0 Å². The SMILES string of the molecule is CNS(=O)(=O)c1ccc(CN2CCN([C@@H]3CCNC3)CC2)cc1. The van der Waals surface area contributed by atoms with Gasteiger partial charge in [-0.05, 0) is 37.7 Å². The molecule has 3 rings (SSSR count). The van der Waals surface area contributed by atoms with Gasteiger partial charge in [-0.3, -0.25) is 9.80 Å². The first-order valence-corrected chi connectivity index (χ1v) is 9.76. The van der Waals surface area contributed by atoms with E-state index in [-0.39, 0.29) is 0 Å². The first kappa shape index (κ1) is 16.9. The molecular weight excluding hydrogens is 312 g/mol. The van der Waals surface area contributed by atoms with Crippen molar-refractivity contribution < 1.29 is 8.42 Å². The number of benzene rings is 1. The Hall–Kier alpha value is -0.990. The highest BCUT2D eigenvalue weighted by Crippen LogP contribution is 2.15. The fourth-order valence-corrected chi connectivity index (χ4v) is 4.12. The third kappa shape index (κ3) is 4.10. The normalized spacial score (nSPS) is 24.1. The highest BCUT2D eigenvalue weighted by Gasteiger charge is 2.25. The number of hydrogen-bond donors (Lipinski definition) is 2. The zero-order valence-electron chi connectivity index (χ0n) is 13.7. The molecule has 0 saturated carbocycles. The van der Waals surface area contributed by atoms with Crippen molar-refractivity contribution in [3.8, 4) is 0 Å². The van der Waals surface area contributed by atoms with E-state index in [4.69, 9.17) is 0 Å². The van der Waals surface area contributed by atoms with Gasteiger partial charge in [-0.1, -0.05) is 12.1 Å². The number of sulfonamides is 1. The average molecular weight is 338 g/mol. The summed E-state index contributed by atoms with van der Waals surface area (Å²) in [4.78, 5) is 5.36. The molecule has 7 heteroatoms. The predicted octanol–water partition coefficient (Wildman–Crippen LogP) is 0.0742. The Morgan fingerprint density at radius 1 is 1.17 bits per heavy atom. The van der Waals surface area contributed by atoms with Crippen LogP contribution in [0.5, 0.6) is 0 Å². The Bertz CT molecular complexity index is 603. The first-order chi connectivity index (χ1) is 11.1. The Morgan fingerprint density at radius 3 is 2.43 bits per heavy atom. The Labute approximate surface area is 138 Å². The second kappa shape index (κ2) is 7.27. The summed E-state index contributed by atoms with van der Waals surface area (Å²) in [5.41, 5.74) is 1.16. The second-order valence-corrected chi connectivity index (χ2v) is 8.20. The molecule has 128 valence electrons. The molecule has 2 fully saturated rings. The van der Waals surface area contributed by atoms with Crippen LogP contribution in [0.25, 0.3) is 0 Å². The molecule has 0 aliphatic carbocycles. The molecule has 0 bridgehead atoms. The van der Waals surface area contributed by atoms with Crippen LogP contribution in [0.15, 0.2) is 29.2 Å². The molecular formula is C16H26N4O2S. The lowest BCUT2D eigenvalue weighted by Crippen LogP contribution is -2.50. The van der Waals surface area contributed by atoms with Gasteiger partial charge in [0.05, 0.1) is 4.90 Å². The van der Waals surface area contributed by atoms with E-state index in [1.54, 1.807) is 12.1 Å². The van der Waals surface area contributed by atoms with Crippen LogP contribution in [0.4, 0.5) is 0 Å². The lowest BCUT2D eigenvalue weighted by Gasteiger charge is -2.37. The van der Waals surface area contributed by atoms with Gasteiger partial charge in [-0.15, -0.1) is 0 Å². The molecule has 23 heavy (non-hydrogen) atoms. The van der Waals surface area contributed by atoms with E-state index in [0.29, 0.717) is 10.9 Å².